The molecule has 0 bridgehead atoms. The minimum atomic E-state index is -0.800. The maximum atomic E-state index is 12.7. The van der Waals surface area contributed by atoms with Crippen LogP contribution in [0.15, 0.2) is 54.6 Å². The molecule has 0 aliphatic carbocycles. The van der Waals surface area contributed by atoms with Gasteiger partial charge in [-0.2, -0.15) is 0 Å². The summed E-state index contributed by atoms with van der Waals surface area (Å²) in [5.74, 6) is -0.827. The van der Waals surface area contributed by atoms with Crippen molar-refractivity contribution in [1.82, 2.24) is 0 Å². The summed E-state index contributed by atoms with van der Waals surface area (Å²) in [6, 6.07) is 12.5. The highest BCUT2D eigenvalue weighted by Gasteiger charge is 2.13. The Labute approximate surface area is 146 Å². The Bertz CT molecular complexity index is 761. The van der Waals surface area contributed by atoms with Crippen molar-refractivity contribution >= 4 is 23.4 Å². The van der Waals surface area contributed by atoms with Gasteiger partial charge in [-0.05, 0) is 55.2 Å². The molecular weight excluding hydrogens is 324 g/mol. The SMILES string of the molecule is Cc1c(CC=CCCC(=O)O)cccc1C(=O)c1ccc(Cl)cc1. The molecule has 0 aliphatic heterocycles. The molecule has 1 N–H and O–H groups in total. The number of hydrogen-bond donors (Lipinski definition) is 1. The van der Waals surface area contributed by atoms with Gasteiger partial charge in [0.2, 0.25) is 0 Å². The van der Waals surface area contributed by atoms with Crippen molar-refractivity contribution in [2.24, 2.45) is 0 Å². The number of halogens is 1. The van der Waals surface area contributed by atoms with Gasteiger partial charge in [-0.25, -0.2) is 0 Å². The van der Waals surface area contributed by atoms with Gasteiger partial charge in [-0.15, -0.1) is 0 Å². The molecule has 2 aromatic carbocycles. The van der Waals surface area contributed by atoms with Gasteiger partial charge in [0.15, 0.2) is 5.78 Å². The molecule has 124 valence electrons. The van der Waals surface area contributed by atoms with E-state index in [1.807, 2.05) is 37.3 Å². The van der Waals surface area contributed by atoms with Crippen LogP contribution >= 0.6 is 11.6 Å². The fraction of sp³-hybridized carbons (Fsp3) is 0.200. The van der Waals surface area contributed by atoms with Crippen LogP contribution in [0.2, 0.25) is 5.02 Å². The molecule has 0 unspecified atom stereocenters. The average molecular weight is 343 g/mol. The van der Waals surface area contributed by atoms with Crippen LogP contribution in [0, 0.1) is 6.92 Å². The van der Waals surface area contributed by atoms with Gasteiger partial charge in [-0.1, -0.05) is 42.0 Å². The Balaban J connectivity index is 2.13. The molecule has 3 nitrogen and oxygen atoms in total. The molecule has 0 spiro atoms. The smallest absolute Gasteiger partial charge is 0.303 e. The number of hydrogen-bond acceptors (Lipinski definition) is 2. The van der Waals surface area contributed by atoms with Gasteiger partial charge >= 0.3 is 5.97 Å². The van der Waals surface area contributed by atoms with E-state index in [-0.39, 0.29) is 12.2 Å². The van der Waals surface area contributed by atoms with Crippen molar-refractivity contribution in [2.75, 3.05) is 0 Å². The van der Waals surface area contributed by atoms with E-state index in [2.05, 4.69) is 0 Å². The van der Waals surface area contributed by atoms with Gasteiger partial charge in [0.25, 0.3) is 0 Å². The van der Waals surface area contributed by atoms with E-state index < -0.39 is 5.97 Å². The first-order chi connectivity index (χ1) is 11.5. The zero-order valence-electron chi connectivity index (χ0n) is 13.5. The maximum absolute atomic E-state index is 12.7. The van der Waals surface area contributed by atoms with Crippen molar-refractivity contribution < 1.29 is 14.7 Å². The number of aliphatic carboxylic acids is 1. The van der Waals surface area contributed by atoms with E-state index in [1.54, 1.807) is 24.3 Å². The van der Waals surface area contributed by atoms with Crippen molar-refractivity contribution in [3.05, 3.63) is 81.9 Å². The number of benzene rings is 2. The number of carboxylic acid groups (broad SMARTS) is 1. The van der Waals surface area contributed by atoms with Crippen molar-refractivity contribution in [3.63, 3.8) is 0 Å². The fourth-order valence-corrected chi connectivity index (χ4v) is 2.57. The first-order valence-electron chi connectivity index (χ1n) is 7.74. The molecule has 0 heterocycles. The van der Waals surface area contributed by atoms with Gasteiger partial charge < -0.3 is 5.11 Å². The molecular formula is C20H19ClO3. The van der Waals surface area contributed by atoms with Crippen LogP contribution in [0.3, 0.4) is 0 Å². The van der Waals surface area contributed by atoms with Crippen molar-refractivity contribution in [1.29, 1.82) is 0 Å². The lowest BCUT2D eigenvalue weighted by atomic mass is 9.94. The lowest BCUT2D eigenvalue weighted by molar-refractivity contribution is -0.136. The Morgan fingerprint density at radius 3 is 2.46 bits per heavy atom. The fourth-order valence-electron chi connectivity index (χ4n) is 2.44. The zero-order valence-corrected chi connectivity index (χ0v) is 14.2. The van der Waals surface area contributed by atoms with Crippen LogP contribution in [-0.2, 0) is 11.2 Å². The van der Waals surface area contributed by atoms with Crippen LogP contribution in [0.5, 0.6) is 0 Å². The largest absolute Gasteiger partial charge is 0.481 e. The van der Waals surface area contributed by atoms with Crippen LogP contribution in [0.1, 0.15) is 39.9 Å². The summed E-state index contributed by atoms with van der Waals surface area (Å²) in [7, 11) is 0. The lowest BCUT2D eigenvalue weighted by Crippen LogP contribution is -2.05. The molecule has 24 heavy (non-hydrogen) atoms. The highest BCUT2D eigenvalue weighted by molar-refractivity contribution is 6.30. The number of ketones is 1. The number of carboxylic acids is 1. The average Bonchev–Trinajstić information content (AvgIpc) is 2.56. The first-order valence-corrected chi connectivity index (χ1v) is 8.12. The Morgan fingerprint density at radius 2 is 1.79 bits per heavy atom. The third kappa shape index (κ3) is 4.80. The summed E-state index contributed by atoms with van der Waals surface area (Å²) in [6.45, 7) is 1.93. The first kappa shape index (κ1) is 18.0. The molecule has 0 saturated carbocycles. The second kappa shape index (κ2) is 8.46. The Hall–Kier alpha value is -2.39. The summed E-state index contributed by atoms with van der Waals surface area (Å²) >= 11 is 5.87. The standard InChI is InChI=1S/C20H19ClO3/c1-14-15(6-3-2-4-9-19(22)23)7-5-8-18(14)20(24)16-10-12-17(21)13-11-16/h2-3,5,7-8,10-13H,4,6,9H2,1H3,(H,22,23). The zero-order chi connectivity index (χ0) is 17.5. The monoisotopic (exact) mass is 342 g/mol. The van der Waals surface area contributed by atoms with E-state index in [0.29, 0.717) is 29.0 Å². The normalized spacial score (nSPS) is 10.9. The molecule has 0 atom stereocenters. The maximum Gasteiger partial charge on any atom is 0.303 e. The number of rotatable bonds is 7. The van der Waals surface area contributed by atoms with E-state index >= 15 is 0 Å². The van der Waals surface area contributed by atoms with E-state index in [9.17, 15) is 9.59 Å². The summed E-state index contributed by atoms with van der Waals surface area (Å²) in [5.41, 5.74) is 3.28. The number of allylic oxidation sites excluding steroid dienone is 2. The van der Waals surface area contributed by atoms with Crippen LogP contribution in [-0.4, -0.2) is 16.9 Å². The van der Waals surface area contributed by atoms with Gasteiger partial charge in [-0.3, -0.25) is 9.59 Å². The van der Waals surface area contributed by atoms with Gasteiger partial charge in [0.1, 0.15) is 0 Å². The summed E-state index contributed by atoms with van der Waals surface area (Å²) < 4.78 is 0. The second-order valence-electron chi connectivity index (χ2n) is 5.53. The molecule has 0 aromatic heterocycles. The van der Waals surface area contributed by atoms with E-state index in [1.165, 1.54) is 0 Å². The third-order valence-electron chi connectivity index (χ3n) is 3.83. The Morgan fingerprint density at radius 1 is 1.08 bits per heavy atom. The lowest BCUT2D eigenvalue weighted by Gasteiger charge is -2.09. The van der Waals surface area contributed by atoms with Gasteiger partial charge in [0.05, 0.1) is 0 Å². The highest BCUT2D eigenvalue weighted by Crippen LogP contribution is 2.20. The summed E-state index contributed by atoms with van der Waals surface area (Å²) in [5, 5.41) is 9.22. The predicted octanol–water partition coefficient (Wildman–Crippen LogP) is 4.84. The van der Waals surface area contributed by atoms with E-state index in [4.69, 9.17) is 16.7 Å². The minimum absolute atomic E-state index is 0.0270. The van der Waals surface area contributed by atoms with Crippen molar-refractivity contribution in [2.45, 2.75) is 26.2 Å². The van der Waals surface area contributed by atoms with Crippen LogP contribution in [0.25, 0.3) is 0 Å². The highest BCUT2D eigenvalue weighted by atomic mass is 35.5. The van der Waals surface area contributed by atoms with Crippen LogP contribution in [0.4, 0.5) is 0 Å². The van der Waals surface area contributed by atoms with Crippen LogP contribution < -0.4 is 0 Å². The quantitative estimate of drug-likeness (QED) is 0.578. The molecule has 4 heteroatoms. The molecule has 0 fully saturated rings. The second-order valence-corrected chi connectivity index (χ2v) is 5.97. The van der Waals surface area contributed by atoms with Gasteiger partial charge in [0, 0.05) is 22.6 Å². The summed E-state index contributed by atoms with van der Waals surface area (Å²) in [4.78, 5) is 23.1. The third-order valence-corrected chi connectivity index (χ3v) is 4.08. The molecule has 0 radical (unpaired) electrons. The Kier molecular flexibility index (Phi) is 6.33. The predicted molar refractivity (Wildman–Crippen MR) is 95.8 cm³/mol. The van der Waals surface area contributed by atoms with Crippen molar-refractivity contribution in [3.8, 4) is 0 Å². The molecule has 2 aromatic rings. The topological polar surface area (TPSA) is 54.4 Å². The number of carbonyl (C=O) groups is 2. The molecule has 2 rings (SSSR count). The molecule has 0 aliphatic rings. The molecule has 0 saturated heterocycles. The summed E-state index contributed by atoms with van der Waals surface area (Å²) in [6.07, 6.45) is 5.12. The minimum Gasteiger partial charge on any atom is -0.481 e. The van der Waals surface area contributed by atoms with E-state index in [0.717, 1.165) is 11.1 Å². The number of carbonyl (C=O) groups excluding carboxylic acids is 1. The molecule has 0 amide bonds.